The van der Waals surface area contributed by atoms with Crippen molar-refractivity contribution in [2.75, 3.05) is 18.4 Å². The number of benzene rings is 1. The van der Waals surface area contributed by atoms with Gasteiger partial charge in [0.05, 0.1) is 29.0 Å². The van der Waals surface area contributed by atoms with Crippen molar-refractivity contribution in [2.24, 2.45) is 0 Å². The first-order chi connectivity index (χ1) is 18.0. The van der Waals surface area contributed by atoms with E-state index in [2.05, 4.69) is 55.6 Å². The van der Waals surface area contributed by atoms with E-state index in [9.17, 15) is 4.79 Å². The summed E-state index contributed by atoms with van der Waals surface area (Å²) in [5.74, 6) is 0.503. The lowest BCUT2D eigenvalue weighted by atomic mass is 10.0. The highest BCUT2D eigenvalue weighted by Crippen LogP contribution is 2.31. The first-order valence-electron chi connectivity index (χ1n) is 12.6. The van der Waals surface area contributed by atoms with Crippen molar-refractivity contribution >= 4 is 22.3 Å². The largest absolute Gasteiger partial charge is 0.340 e. The minimum absolute atomic E-state index is 0.185. The van der Waals surface area contributed by atoms with Gasteiger partial charge in [-0.15, -0.1) is 0 Å². The number of aryl methyl sites for hydroxylation is 2. The highest BCUT2D eigenvalue weighted by molar-refractivity contribution is 5.95. The number of fused-ring (bicyclic) bond motifs is 1. The Kier molecular flexibility index (Phi) is 6.02. The second-order valence-corrected chi connectivity index (χ2v) is 9.64. The number of piperidine rings is 1. The summed E-state index contributed by atoms with van der Waals surface area (Å²) in [5, 5.41) is 12.8. The van der Waals surface area contributed by atoms with Crippen molar-refractivity contribution in [3.05, 3.63) is 88.7 Å². The standard InChI is InChI=1S/C29H29N7O/c1-18-14-22(6-7-24(18)21-16-32-36(17-21)23-9-11-30-12-10-23)34-28-27-20(8-13-31-29(27)37)15-26(35-28)25-5-3-4-19(2)33-25/h3-8,13-17,23,30H,9-12H2,1-2H3,(H,31,37)(H,34,35). The Morgan fingerprint density at radius 2 is 1.86 bits per heavy atom. The minimum Gasteiger partial charge on any atom is -0.340 e. The van der Waals surface area contributed by atoms with Crippen molar-refractivity contribution < 1.29 is 0 Å². The van der Waals surface area contributed by atoms with E-state index in [1.165, 1.54) is 0 Å². The molecule has 5 heterocycles. The van der Waals surface area contributed by atoms with Gasteiger partial charge in [-0.1, -0.05) is 12.1 Å². The molecule has 6 rings (SSSR count). The lowest BCUT2D eigenvalue weighted by Crippen LogP contribution is -2.29. The maximum absolute atomic E-state index is 12.8. The zero-order valence-electron chi connectivity index (χ0n) is 21.0. The Hall–Kier alpha value is -4.30. The molecule has 0 amide bonds. The zero-order valence-corrected chi connectivity index (χ0v) is 21.0. The topological polar surface area (TPSA) is 101 Å². The molecule has 0 radical (unpaired) electrons. The number of aromatic nitrogens is 5. The van der Waals surface area contributed by atoms with E-state index < -0.39 is 0 Å². The van der Waals surface area contributed by atoms with Crippen LogP contribution in [0.1, 0.15) is 30.1 Å². The van der Waals surface area contributed by atoms with Crippen LogP contribution in [0.3, 0.4) is 0 Å². The van der Waals surface area contributed by atoms with Crippen LogP contribution in [0, 0.1) is 13.8 Å². The van der Waals surface area contributed by atoms with Crippen LogP contribution in [0.25, 0.3) is 33.3 Å². The number of rotatable bonds is 5. The molecule has 0 atom stereocenters. The van der Waals surface area contributed by atoms with Crippen LogP contribution in [0.5, 0.6) is 0 Å². The van der Waals surface area contributed by atoms with Crippen LogP contribution in [-0.2, 0) is 0 Å². The molecule has 0 saturated carbocycles. The highest BCUT2D eigenvalue weighted by atomic mass is 16.1. The van der Waals surface area contributed by atoms with Crippen molar-refractivity contribution in [1.29, 1.82) is 0 Å². The van der Waals surface area contributed by atoms with Gasteiger partial charge in [-0.25, -0.2) is 4.98 Å². The fourth-order valence-electron chi connectivity index (χ4n) is 5.07. The summed E-state index contributed by atoms with van der Waals surface area (Å²) < 4.78 is 2.11. The number of hydrogen-bond donors (Lipinski definition) is 3. The average molecular weight is 492 g/mol. The molecule has 0 aliphatic carbocycles. The summed E-state index contributed by atoms with van der Waals surface area (Å²) in [6, 6.07) is 16.3. The summed E-state index contributed by atoms with van der Waals surface area (Å²) in [5.41, 5.74) is 6.42. The molecule has 1 aliphatic heterocycles. The third-order valence-corrected chi connectivity index (χ3v) is 6.99. The first kappa shape index (κ1) is 23.1. The number of nitrogens with zero attached hydrogens (tertiary/aromatic N) is 4. The van der Waals surface area contributed by atoms with E-state index >= 15 is 0 Å². The van der Waals surface area contributed by atoms with Crippen LogP contribution in [0.15, 0.2) is 71.9 Å². The average Bonchev–Trinajstić information content (AvgIpc) is 3.39. The predicted octanol–water partition coefficient (Wildman–Crippen LogP) is 5.13. The molecule has 8 nitrogen and oxygen atoms in total. The minimum atomic E-state index is -0.185. The number of pyridine rings is 3. The second kappa shape index (κ2) is 9.63. The number of nitrogens with one attached hydrogen (secondary N) is 3. The van der Waals surface area contributed by atoms with E-state index in [4.69, 9.17) is 4.98 Å². The van der Waals surface area contributed by atoms with Crippen molar-refractivity contribution in [2.45, 2.75) is 32.7 Å². The lowest BCUT2D eigenvalue weighted by Gasteiger charge is -2.22. The molecule has 1 fully saturated rings. The molecular weight excluding hydrogens is 462 g/mol. The van der Waals surface area contributed by atoms with Gasteiger partial charge >= 0.3 is 0 Å². The van der Waals surface area contributed by atoms with E-state index in [0.29, 0.717) is 22.9 Å². The third kappa shape index (κ3) is 4.63. The van der Waals surface area contributed by atoms with E-state index in [-0.39, 0.29) is 5.56 Å². The molecule has 3 N–H and O–H groups in total. The molecule has 5 aromatic rings. The summed E-state index contributed by atoms with van der Waals surface area (Å²) >= 11 is 0. The van der Waals surface area contributed by atoms with Gasteiger partial charge in [-0.05, 0) is 92.7 Å². The fraction of sp³-hybridized carbons (Fsp3) is 0.241. The molecule has 37 heavy (non-hydrogen) atoms. The lowest BCUT2D eigenvalue weighted by molar-refractivity contribution is 0.343. The maximum atomic E-state index is 12.8. The van der Waals surface area contributed by atoms with Gasteiger partial charge in [-0.3, -0.25) is 14.5 Å². The molecule has 186 valence electrons. The Balaban J connectivity index is 1.34. The van der Waals surface area contributed by atoms with Gasteiger partial charge in [0, 0.05) is 29.3 Å². The molecule has 0 bridgehead atoms. The predicted molar refractivity (Wildman–Crippen MR) is 147 cm³/mol. The third-order valence-electron chi connectivity index (χ3n) is 6.99. The zero-order chi connectivity index (χ0) is 25.4. The van der Waals surface area contributed by atoms with E-state index in [0.717, 1.165) is 65.1 Å². The summed E-state index contributed by atoms with van der Waals surface area (Å²) in [6.07, 6.45) is 7.95. The maximum Gasteiger partial charge on any atom is 0.259 e. The normalized spacial score (nSPS) is 14.2. The van der Waals surface area contributed by atoms with Gasteiger partial charge in [-0.2, -0.15) is 5.10 Å². The molecule has 0 spiro atoms. The van der Waals surface area contributed by atoms with Gasteiger partial charge in [0.1, 0.15) is 5.82 Å². The summed E-state index contributed by atoms with van der Waals surface area (Å²) in [4.78, 5) is 25.0. The molecule has 4 aromatic heterocycles. The molecule has 8 heteroatoms. The van der Waals surface area contributed by atoms with Crippen molar-refractivity contribution in [3.8, 4) is 22.5 Å². The van der Waals surface area contributed by atoms with Crippen LogP contribution in [0.4, 0.5) is 11.5 Å². The molecule has 1 aliphatic rings. The Morgan fingerprint density at radius 1 is 1.00 bits per heavy atom. The molecule has 1 aromatic carbocycles. The Bertz CT molecular complexity index is 1650. The van der Waals surface area contributed by atoms with Crippen molar-refractivity contribution in [3.63, 3.8) is 0 Å². The van der Waals surface area contributed by atoms with Crippen LogP contribution < -0.4 is 16.2 Å². The Labute approximate surface area is 214 Å². The van der Waals surface area contributed by atoms with Crippen LogP contribution >= 0.6 is 0 Å². The first-order valence-corrected chi connectivity index (χ1v) is 12.6. The summed E-state index contributed by atoms with van der Waals surface area (Å²) in [6.45, 7) is 6.11. The van der Waals surface area contributed by atoms with Gasteiger partial charge in [0.25, 0.3) is 5.56 Å². The number of H-pyrrole nitrogens is 1. The highest BCUT2D eigenvalue weighted by Gasteiger charge is 2.17. The molecule has 1 saturated heterocycles. The van der Waals surface area contributed by atoms with Crippen LogP contribution in [-0.4, -0.2) is 37.8 Å². The van der Waals surface area contributed by atoms with Gasteiger partial charge in [0.2, 0.25) is 0 Å². The van der Waals surface area contributed by atoms with E-state index in [1.807, 2.05) is 49.5 Å². The quantitative estimate of drug-likeness (QED) is 0.315. The molecule has 0 unspecified atom stereocenters. The van der Waals surface area contributed by atoms with Gasteiger partial charge in [0.15, 0.2) is 0 Å². The van der Waals surface area contributed by atoms with Gasteiger partial charge < -0.3 is 15.6 Å². The van der Waals surface area contributed by atoms with E-state index in [1.54, 1.807) is 6.20 Å². The second-order valence-electron chi connectivity index (χ2n) is 9.64. The van der Waals surface area contributed by atoms with Crippen molar-refractivity contribution in [1.82, 2.24) is 30.0 Å². The number of anilines is 2. The van der Waals surface area contributed by atoms with Crippen LogP contribution in [0.2, 0.25) is 0 Å². The fourth-order valence-corrected chi connectivity index (χ4v) is 5.07. The smallest absolute Gasteiger partial charge is 0.259 e. The Morgan fingerprint density at radius 3 is 2.68 bits per heavy atom. The summed E-state index contributed by atoms with van der Waals surface area (Å²) in [7, 11) is 0. The SMILES string of the molecule is Cc1cccc(-c2cc3cc[nH]c(=O)c3c(Nc3ccc(-c4cnn(C5CCNCC5)c4)c(C)c3)n2)n1. The molecular formula is C29H29N7O. The number of hydrogen-bond acceptors (Lipinski definition) is 6. The number of aromatic amines is 1. The monoisotopic (exact) mass is 491 g/mol.